The van der Waals surface area contributed by atoms with Crippen LogP contribution in [0.15, 0.2) is 17.0 Å². The number of rotatable bonds is 4. The van der Waals surface area contributed by atoms with E-state index in [-0.39, 0.29) is 33.7 Å². The lowest BCUT2D eigenvalue weighted by Gasteiger charge is -1.99. The van der Waals surface area contributed by atoms with Crippen molar-refractivity contribution in [3.8, 4) is 0 Å². The van der Waals surface area contributed by atoms with E-state index in [0.29, 0.717) is 6.54 Å². The molecule has 0 aliphatic heterocycles. The molecule has 2 aromatic rings. The monoisotopic (exact) mass is 269 g/mol. The summed E-state index contributed by atoms with van der Waals surface area (Å²) in [7, 11) is 0. The summed E-state index contributed by atoms with van der Waals surface area (Å²) in [6.45, 7) is 2.00. The van der Waals surface area contributed by atoms with E-state index in [2.05, 4.69) is 15.2 Å². The Morgan fingerprint density at radius 1 is 1.67 bits per heavy atom. The third kappa shape index (κ3) is 1.93. The summed E-state index contributed by atoms with van der Waals surface area (Å²) < 4.78 is 17.3. The lowest BCUT2D eigenvalue weighted by Crippen LogP contribution is -2.13. The Kier molecular flexibility index (Phi) is 3.28. The molecule has 0 atom stereocenters. The van der Waals surface area contributed by atoms with Gasteiger partial charge in [0, 0.05) is 0 Å². The van der Waals surface area contributed by atoms with Gasteiger partial charge in [-0.25, -0.2) is 13.8 Å². The Morgan fingerprint density at radius 3 is 2.94 bits per heavy atom. The molecular formula is C8H7N5O4S. The van der Waals surface area contributed by atoms with Crippen molar-refractivity contribution in [3.63, 3.8) is 0 Å². The van der Waals surface area contributed by atoms with Crippen LogP contribution in [-0.2, 0) is 17.8 Å². The highest BCUT2D eigenvalue weighted by Crippen LogP contribution is 2.16. The summed E-state index contributed by atoms with van der Waals surface area (Å²) in [5, 5.41) is 17.8. The second-order valence-electron chi connectivity index (χ2n) is 3.10. The van der Waals surface area contributed by atoms with Crippen LogP contribution in [0.5, 0.6) is 0 Å². The quantitative estimate of drug-likeness (QED) is 0.331. The second-order valence-corrected chi connectivity index (χ2v) is 3.67. The molecule has 0 unspecified atom stereocenters. The fraction of sp³-hybridized carbons (Fsp3) is 0.250. The van der Waals surface area contributed by atoms with E-state index in [4.69, 9.17) is 4.42 Å². The first kappa shape index (κ1) is 12.1. The van der Waals surface area contributed by atoms with Crippen LogP contribution in [-0.4, -0.2) is 33.7 Å². The number of hydrogen-bond donors (Lipinski definition) is 0. The predicted octanol–water partition coefficient (Wildman–Crippen LogP) is -0.0240. The number of aromatic nitrogens is 4. The molecule has 0 aliphatic carbocycles. The Hall–Kier alpha value is -2.36. The fourth-order valence-corrected chi connectivity index (χ4v) is 1.84. The first-order chi connectivity index (χ1) is 8.69. The van der Waals surface area contributed by atoms with Crippen LogP contribution < -0.4 is 0 Å². The first-order valence-corrected chi connectivity index (χ1v) is 5.56. The van der Waals surface area contributed by atoms with Gasteiger partial charge in [-0.15, -0.1) is 10.2 Å². The van der Waals surface area contributed by atoms with Crippen LogP contribution in [0, 0.1) is 10.1 Å². The van der Waals surface area contributed by atoms with Crippen LogP contribution in [0.4, 0.5) is 5.82 Å². The van der Waals surface area contributed by atoms with Gasteiger partial charge < -0.3 is 14.5 Å². The number of hydrogen-bond acceptors (Lipinski definition) is 7. The van der Waals surface area contributed by atoms with Crippen molar-refractivity contribution in [2.45, 2.75) is 13.5 Å². The number of nitrogens with zero attached hydrogens (tertiary/aromatic N) is 5. The Bertz CT molecular complexity index is 628. The van der Waals surface area contributed by atoms with Crippen molar-refractivity contribution in [2.24, 2.45) is 0 Å². The molecule has 0 spiro atoms. The molecule has 0 saturated carbocycles. The second kappa shape index (κ2) is 4.87. The van der Waals surface area contributed by atoms with Gasteiger partial charge in [0.05, 0.1) is 6.54 Å². The molecule has 2 rings (SSSR count). The van der Waals surface area contributed by atoms with Gasteiger partial charge in [0.2, 0.25) is 12.2 Å². The van der Waals surface area contributed by atoms with E-state index in [1.54, 1.807) is 6.92 Å². The smallest absolute Gasteiger partial charge is 0.343 e. The molecule has 18 heavy (non-hydrogen) atoms. The molecule has 0 aromatic carbocycles. The third-order valence-corrected chi connectivity index (χ3v) is 2.70. The maximum Gasteiger partial charge on any atom is 0.343 e. The minimum Gasteiger partial charge on any atom is -0.422 e. The molecule has 0 saturated heterocycles. The van der Waals surface area contributed by atoms with E-state index < -0.39 is 4.92 Å². The molecule has 10 heteroatoms. The van der Waals surface area contributed by atoms with Gasteiger partial charge in [0.15, 0.2) is 4.86 Å². The number of imidazole rings is 1. The van der Waals surface area contributed by atoms with E-state index >= 15 is 0 Å². The minimum atomic E-state index is -0.569. The lowest BCUT2D eigenvalue weighted by atomic mass is 10.4. The van der Waals surface area contributed by atoms with Gasteiger partial charge in [0.25, 0.3) is 5.89 Å². The molecule has 0 bridgehead atoms. The van der Waals surface area contributed by atoms with Crippen molar-refractivity contribution >= 4 is 21.9 Å². The van der Waals surface area contributed by atoms with E-state index in [0.717, 1.165) is 12.6 Å². The molecule has 94 valence electrons. The molecular weight excluding hydrogens is 262 g/mol. The van der Waals surface area contributed by atoms with Gasteiger partial charge in [-0.2, -0.15) is 0 Å². The standard InChI is InChI=1S/C8H7N5O4S/c1-2-12-5(13(14)15)3-9-7(12)6(18-16)8-11-10-4-17-8/h3-4H,2H2,1H3. The van der Waals surface area contributed by atoms with E-state index in [9.17, 15) is 14.3 Å². The van der Waals surface area contributed by atoms with Crippen molar-refractivity contribution in [2.75, 3.05) is 0 Å². The number of nitro groups is 1. The summed E-state index contributed by atoms with van der Waals surface area (Å²) in [6, 6.07) is 0. The van der Waals surface area contributed by atoms with Crippen LogP contribution in [0.1, 0.15) is 18.6 Å². The van der Waals surface area contributed by atoms with Gasteiger partial charge in [0.1, 0.15) is 17.5 Å². The van der Waals surface area contributed by atoms with Crippen molar-refractivity contribution in [1.82, 2.24) is 19.7 Å². The van der Waals surface area contributed by atoms with Crippen molar-refractivity contribution in [3.05, 3.63) is 34.4 Å². The zero-order valence-corrected chi connectivity index (χ0v) is 9.96. The predicted molar refractivity (Wildman–Crippen MR) is 60.2 cm³/mol. The molecule has 2 aromatic heterocycles. The van der Waals surface area contributed by atoms with Crippen molar-refractivity contribution < 1.29 is 13.5 Å². The average Bonchev–Trinajstić information content (AvgIpc) is 2.98. The molecule has 0 radical (unpaired) electrons. The highest BCUT2D eigenvalue weighted by Gasteiger charge is 2.26. The van der Waals surface area contributed by atoms with Gasteiger partial charge >= 0.3 is 5.82 Å². The highest BCUT2D eigenvalue weighted by atomic mass is 32.1. The summed E-state index contributed by atoms with van der Waals surface area (Å²) >= 11 is 0.0998. The zero-order chi connectivity index (χ0) is 13.1. The topological polar surface area (TPSA) is 117 Å². The largest absolute Gasteiger partial charge is 0.422 e. The Labute approximate surface area is 104 Å². The third-order valence-electron chi connectivity index (χ3n) is 2.18. The average molecular weight is 269 g/mol. The summed E-state index contributed by atoms with van der Waals surface area (Å²) in [4.78, 5) is 14.2. The van der Waals surface area contributed by atoms with E-state index in [1.165, 1.54) is 4.57 Å². The highest BCUT2D eigenvalue weighted by molar-refractivity contribution is 7.67. The molecule has 2 heterocycles. The van der Waals surface area contributed by atoms with Crippen LogP contribution >= 0.6 is 0 Å². The van der Waals surface area contributed by atoms with Crippen molar-refractivity contribution in [1.29, 1.82) is 0 Å². The molecule has 9 nitrogen and oxygen atoms in total. The fourth-order valence-electron chi connectivity index (χ4n) is 1.45. The van der Waals surface area contributed by atoms with Gasteiger partial charge in [-0.05, 0) is 11.8 Å². The van der Waals surface area contributed by atoms with E-state index in [1.807, 2.05) is 0 Å². The first-order valence-electron chi connectivity index (χ1n) is 4.82. The lowest BCUT2D eigenvalue weighted by molar-refractivity contribution is -0.392. The van der Waals surface area contributed by atoms with Crippen LogP contribution in [0.2, 0.25) is 0 Å². The Morgan fingerprint density at radius 2 is 2.44 bits per heavy atom. The van der Waals surface area contributed by atoms with Gasteiger partial charge in [-0.1, -0.05) is 0 Å². The Balaban J connectivity index is 2.58. The van der Waals surface area contributed by atoms with Crippen LogP contribution in [0.25, 0.3) is 0 Å². The summed E-state index contributed by atoms with van der Waals surface area (Å²) in [5.74, 6) is -0.0581. The molecule has 0 fully saturated rings. The maximum atomic E-state index is 11.1. The van der Waals surface area contributed by atoms with Gasteiger partial charge in [-0.3, -0.25) is 0 Å². The molecule has 0 N–H and O–H groups in total. The maximum absolute atomic E-state index is 11.1. The zero-order valence-electron chi connectivity index (χ0n) is 9.14. The normalized spacial score (nSPS) is 10.3. The molecule has 0 amide bonds. The summed E-state index contributed by atoms with van der Waals surface area (Å²) in [6.07, 6.45) is 2.16. The van der Waals surface area contributed by atoms with Crippen LogP contribution in [0.3, 0.4) is 0 Å². The summed E-state index contributed by atoms with van der Waals surface area (Å²) in [5.41, 5.74) is 0. The molecule has 0 aliphatic rings. The minimum absolute atomic E-state index is 0.00908. The SMILES string of the molecule is CCn1c([N+](=O)[O-])cnc1C(=S=O)c1nnco1.